The lowest BCUT2D eigenvalue weighted by Crippen LogP contribution is -2.34. The number of rotatable bonds is 4. The number of ether oxygens (including phenoxy) is 1. The number of hydrogen-bond acceptors (Lipinski definition) is 5. The number of piperidine rings is 1. The van der Waals surface area contributed by atoms with E-state index in [0.717, 1.165) is 25.9 Å². The Labute approximate surface area is 116 Å². The fraction of sp³-hybridized carbons (Fsp3) is 0.462. The van der Waals surface area contributed by atoms with Crippen LogP contribution in [0, 0.1) is 16.0 Å². The molecule has 2 rings (SSSR count). The molecule has 1 heterocycles. The highest BCUT2D eigenvalue weighted by atomic mass is 16.6. The SMILES string of the molecule is COc1ccc(NC(=O)C2CCNCC2)cc1[N+](=O)[O-]. The third-order valence-corrected chi connectivity index (χ3v) is 3.35. The lowest BCUT2D eigenvalue weighted by atomic mass is 9.97. The molecule has 0 saturated carbocycles. The van der Waals surface area contributed by atoms with Crippen LogP contribution >= 0.6 is 0 Å². The van der Waals surface area contributed by atoms with Crippen molar-refractivity contribution in [1.29, 1.82) is 0 Å². The van der Waals surface area contributed by atoms with Gasteiger partial charge in [0.05, 0.1) is 12.0 Å². The third-order valence-electron chi connectivity index (χ3n) is 3.35. The van der Waals surface area contributed by atoms with E-state index in [9.17, 15) is 14.9 Å². The van der Waals surface area contributed by atoms with Crippen molar-refractivity contribution in [2.45, 2.75) is 12.8 Å². The van der Waals surface area contributed by atoms with Crippen molar-refractivity contribution in [3.05, 3.63) is 28.3 Å². The molecular formula is C13H17N3O4. The van der Waals surface area contributed by atoms with Crippen LogP contribution in [0.4, 0.5) is 11.4 Å². The smallest absolute Gasteiger partial charge is 0.312 e. The molecule has 1 aromatic rings. The molecule has 2 N–H and O–H groups in total. The largest absolute Gasteiger partial charge is 0.490 e. The standard InChI is InChI=1S/C13H17N3O4/c1-20-12-3-2-10(8-11(12)16(18)19)15-13(17)9-4-6-14-7-5-9/h2-3,8-9,14H,4-7H2,1H3,(H,15,17). The number of anilines is 1. The van der Waals surface area contributed by atoms with Crippen molar-refractivity contribution < 1.29 is 14.5 Å². The zero-order valence-electron chi connectivity index (χ0n) is 11.2. The van der Waals surface area contributed by atoms with Crippen molar-refractivity contribution in [2.24, 2.45) is 5.92 Å². The summed E-state index contributed by atoms with van der Waals surface area (Å²) in [6, 6.07) is 4.40. The highest BCUT2D eigenvalue weighted by molar-refractivity contribution is 5.93. The van der Waals surface area contributed by atoms with Crippen LogP contribution in [-0.4, -0.2) is 31.0 Å². The Bertz CT molecular complexity index is 512. The van der Waals surface area contributed by atoms with Gasteiger partial charge in [0.15, 0.2) is 5.75 Å². The van der Waals surface area contributed by atoms with Crippen LogP contribution in [0.3, 0.4) is 0 Å². The number of methoxy groups -OCH3 is 1. The van der Waals surface area contributed by atoms with Gasteiger partial charge in [0.1, 0.15) is 0 Å². The quantitative estimate of drug-likeness (QED) is 0.644. The van der Waals surface area contributed by atoms with Crippen molar-refractivity contribution in [3.63, 3.8) is 0 Å². The average Bonchev–Trinajstić information content (AvgIpc) is 2.48. The van der Waals surface area contributed by atoms with Crippen LogP contribution in [-0.2, 0) is 4.79 Å². The second kappa shape index (κ2) is 6.33. The Morgan fingerprint density at radius 1 is 1.45 bits per heavy atom. The van der Waals surface area contributed by atoms with Crippen molar-refractivity contribution in [2.75, 3.05) is 25.5 Å². The van der Waals surface area contributed by atoms with Crippen LogP contribution in [0.1, 0.15) is 12.8 Å². The van der Waals surface area contributed by atoms with Crippen LogP contribution in [0.5, 0.6) is 5.75 Å². The number of hydrogen-bond donors (Lipinski definition) is 2. The molecule has 7 nitrogen and oxygen atoms in total. The normalized spacial score (nSPS) is 15.7. The Balaban J connectivity index is 2.10. The van der Waals surface area contributed by atoms with Gasteiger partial charge in [0.2, 0.25) is 5.91 Å². The van der Waals surface area contributed by atoms with Crippen molar-refractivity contribution >= 4 is 17.3 Å². The molecule has 0 bridgehead atoms. The molecule has 1 amide bonds. The number of amides is 1. The molecule has 1 fully saturated rings. The number of nitro benzene ring substituents is 1. The minimum atomic E-state index is -0.529. The number of carbonyl (C=O) groups is 1. The first kappa shape index (κ1) is 14.3. The van der Waals surface area contributed by atoms with Gasteiger partial charge in [-0.05, 0) is 38.1 Å². The summed E-state index contributed by atoms with van der Waals surface area (Å²) in [6.45, 7) is 1.64. The number of nitrogens with one attached hydrogen (secondary N) is 2. The highest BCUT2D eigenvalue weighted by Crippen LogP contribution is 2.30. The minimum absolute atomic E-state index is 0.0441. The van der Waals surface area contributed by atoms with Crippen molar-refractivity contribution in [3.8, 4) is 5.75 Å². The Hall–Kier alpha value is -2.15. The molecular weight excluding hydrogens is 262 g/mol. The van der Waals surface area contributed by atoms with E-state index in [1.165, 1.54) is 19.2 Å². The predicted octanol–water partition coefficient (Wildman–Crippen LogP) is 1.54. The molecule has 0 spiro atoms. The second-order valence-electron chi connectivity index (χ2n) is 4.66. The number of nitro groups is 1. The molecule has 108 valence electrons. The molecule has 1 saturated heterocycles. The fourth-order valence-corrected chi connectivity index (χ4v) is 2.24. The Morgan fingerprint density at radius 3 is 2.75 bits per heavy atom. The Kier molecular flexibility index (Phi) is 4.52. The monoisotopic (exact) mass is 279 g/mol. The fourth-order valence-electron chi connectivity index (χ4n) is 2.24. The van der Waals surface area contributed by atoms with Crippen LogP contribution in [0.15, 0.2) is 18.2 Å². The minimum Gasteiger partial charge on any atom is -0.490 e. The molecule has 20 heavy (non-hydrogen) atoms. The van der Waals surface area contributed by atoms with Gasteiger partial charge < -0.3 is 15.4 Å². The summed E-state index contributed by atoms with van der Waals surface area (Å²) in [5.41, 5.74) is 0.261. The molecule has 1 aromatic carbocycles. The molecule has 0 unspecified atom stereocenters. The van der Waals surface area contributed by atoms with Crippen LogP contribution < -0.4 is 15.4 Å². The maximum absolute atomic E-state index is 12.1. The van der Waals surface area contributed by atoms with Gasteiger partial charge >= 0.3 is 5.69 Å². The molecule has 0 aliphatic carbocycles. The van der Waals surface area contributed by atoms with Crippen molar-refractivity contribution in [1.82, 2.24) is 5.32 Å². The average molecular weight is 279 g/mol. The van der Waals surface area contributed by atoms with Gasteiger partial charge in [0, 0.05) is 17.7 Å². The van der Waals surface area contributed by atoms with E-state index in [1.807, 2.05) is 0 Å². The highest BCUT2D eigenvalue weighted by Gasteiger charge is 2.22. The predicted molar refractivity (Wildman–Crippen MR) is 73.9 cm³/mol. The van der Waals surface area contributed by atoms with Gasteiger partial charge in [-0.2, -0.15) is 0 Å². The van der Waals surface area contributed by atoms with E-state index in [4.69, 9.17) is 4.74 Å². The maximum Gasteiger partial charge on any atom is 0.312 e. The third kappa shape index (κ3) is 3.24. The topological polar surface area (TPSA) is 93.5 Å². The molecule has 1 aliphatic heterocycles. The maximum atomic E-state index is 12.1. The summed E-state index contributed by atoms with van der Waals surface area (Å²) >= 11 is 0. The molecule has 0 aromatic heterocycles. The second-order valence-corrected chi connectivity index (χ2v) is 4.66. The van der Waals surface area contributed by atoms with E-state index in [0.29, 0.717) is 5.69 Å². The van der Waals surface area contributed by atoms with Gasteiger partial charge in [-0.15, -0.1) is 0 Å². The lowest BCUT2D eigenvalue weighted by molar-refractivity contribution is -0.385. The van der Waals surface area contributed by atoms with Crippen LogP contribution in [0.2, 0.25) is 0 Å². The summed E-state index contributed by atoms with van der Waals surface area (Å²) < 4.78 is 4.92. The van der Waals surface area contributed by atoms with E-state index < -0.39 is 4.92 Å². The van der Waals surface area contributed by atoms with E-state index in [2.05, 4.69) is 10.6 Å². The number of benzene rings is 1. The first-order valence-electron chi connectivity index (χ1n) is 6.46. The summed E-state index contributed by atoms with van der Waals surface area (Å²) in [5, 5.41) is 16.8. The van der Waals surface area contributed by atoms with Crippen LogP contribution in [0.25, 0.3) is 0 Å². The van der Waals surface area contributed by atoms with E-state index in [-0.39, 0.29) is 23.3 Å². The van der Waals surface area contributed by atoms with Gasteiger partial charge in [0.25, 0.3) is 0 Å². The summed E-state index contributed by atoms with van der Waals surface area (Å²) in [6.07, 6.45) is 1.56. The van der Waals surface area contributed by atoms with Gasteiger partial charge in [-0.3, -0.25) is 14.9 Å². The molecule has 7 heteroatoms. The summed E-state index contributed by atoms with van der Waals surface area (Å²) in [7, 11) is 1.37. The first-order chi connectivity index (χ1) is 9.61. The zero-order chi connectivity index (χ0) is 14.5. The Morgan fingerprint density at radius 2 is 2.15 bits per heavy atom. The van der Waals surface area contributed by atoms with Gasteiger partial charge in [-0.25, -0.2) is 0 Å². The zero-order valence-corrected chi connectivity index (χ0v) is 11.2. The molecule has 0 radical (unpaired) electrons. The van der Waals surface area contributed by atoms with Gasteiger partial charge in [-0.1, -0.05) is 0 Å². The first-order valence-corrected chi connectivity index (χ1v) is 6.46. The van der Waals surface area contributed by atoms with E-state index >= 15 is 0 Å². The lowest BCUT2D eigenvalue weighted by Gasteiger charge is -2.21. The molecule has 1 aliphatic rings. The number of carbonyl (C=O) groups excluding carboxylic acids is 1. The summed E-state index contributed by atoms with van der Waals surface area (Å²) in [4.78, 5) is 22.5. The number of nitrogens with zero attached hydrogens (tertiary/aromatic N) is 1. The summed E-state index contributed by atoms with van der Waals surface area (Å²) in [5.74, 6) is 0.0400. The molecule has 0 atom stereocenters. The van der Waals surface area contributed by atoms with E-state index in [1.54, 1.807) is 6.07 Å².